The molecule has 0 saturated carbocycles. The van der Waals surface area contributed by atoms with Crippen LogP contribution in [0.15, 0.2) is 72.9 Å². The number of carbonyl (C=O) groups excluding carboxylic acids is 1. The fourth-order valence-corrected chi connectivity index (χ4v) is 3.90. The summed E-state index contributed by atoms with van der Waals surface area (Å²) in [5, 5.41) is 8.94. The third kappa shape index (κ3) is 5.07. The van der Waals surface area contributed by atoms with Gasteiger partial charge in [-0.3, -0.25) is 4.79 Å². The van der Waals surface area contributed by atoms with Crippen molar-refractivity contribution in [2.24, 2.45) is 5.41 Å². The van der Waals surface area contributed by atoms with Crippen LogP contribution in [0.1, 0.15) is 39.4 Å². The first kappa shape index (κ1) is 23.8. The number of hydrogen-bond donors (Lipinski definition) is 1. The van der Waals surface area contributed by atoms with Gasteiger partial charge in [0.2, 0.25) is 5.91 Å². The van der Waals surface area contributed by atoms with E-state index in [0.717, 1.165) is 22.2 Å². The van der Waals surface area contributed by atoms with E-state index in [9.17, 15) is 9.18 Å². The Morgan fingerprint density at radius 3 is 2.47 bits per heavy atom. The van der Waals surface area contributed by atoms with Crippen molar-refractivity contribution in [2.75, 3.05) is 0 Å². The van der Waals surface area contributed by atoms with E-state index in [1.165, 1.54) is 12.1 Å². The summed E-state index contributed by atoms with van der Waals surface area (Å²) in [6.45, 7) is 7.51. The molecule has 0 bridgehead atoms. The zero-order chi connectivity index (χ0) is 24.5. The second kappa shape index (κ2) is 9.47. The average molecular weight is 480 g/mol. The number of hydrogen-bond acceptors (Lipinski definition) is 3. The Morgan fingerprint density at radius 1 is 1.09 bits per heavy atom. The molecule has 34 heavy (non-hydrogen) atoms. The molecule has 0 aliphatic heterocycles. The van der Waals surface area contributed by atoms with Crippen molar-refractivity contribution in [1.29, 1.82) is 0 Å². The number of halogens is 2. The number of nitrogens with one attached hydrogen (secondary N) is 1. The Balaban J connectivity index is 1.65. The van der Waals surface area contributed by atoms with Crippen LogP contribution in [0, 0.1) is 11.2 Å². The maximum Gasteiger partial charge on any atom is 0.225 e. The summed E-state index contributed by atoms with van der Waals surface area (Å²) < 4.78 is 21.5. The van der Waals surface area contributed by atoms with Crippen LogP contribution in [0.25, 0.3) is 16.6 Å². The van der Waals surface area contributed by atoms with Gasteiger partial charge in [-0.2, -0.15) is 5.10 Å². The molecule has 2 atom stereocenters. The summed E-state index contributed by atoms with van der Waals surface area (Å²) in [6, 6.07) is 18.9. The monoisotopic (exact) mass is 479 g/mol. The normalized spacial score (nSPS) is 13.5. The molecule has 0 saturated heterocycles. The maximum absolute atomic E-state index is 13.3. The molecule has 1 heterocycles. The molecule has 7 heteroatoms. The van der Waals surface area contributed by atoms with E-state index in [1.807, 2.05) is 70.2 Å². The minimum absolute atomic E-state index is 0.0725. The Morgan fingerprint density at radius 2 is 1.79 bits per heavy atom. The zero-order valence-electron chi connectivity index (χ0n) is 19.5. The Hall–Kier alpha value is -3.38. The van der Waals surface area contributed by atoms with Gasteiger partial charge in [0, 0.05) is 21.4 Å². The van der Waals surface area contributed by atoms with Crippen molar-refractivity contribution < 1.29 is 13.9 Å². The summed E-state index contributed by atoms with van der Waals surface area (Å²) in [4.78, 5) is 12.6. The van der Waals surface area contributed by atoms with Gasteiger partial charge in [-0.1, -0.05) is 50.6 Å². The minimum atomic E-state index is -0.535. The first-order valence-electron chi connectivity index (χ1n) is 11.1. The largest absolute Gasteiger partial charge is 0.484 e. The summed E-state index contributed by atoms with van der Waals surface area (Å²) in [5.41, 5.74) is 1.88. The van der Waals surface area contributed by atoms with Gasteiger partial charge in [0.15, 0.2) is 0 Å². The molecule has 176 valence electrons. The van der Waals surface area contributed by atoms with E-state index in [1.54, 1.807) is 23.0 Å². The fraction of sp³-hybridized carbons (Fsp3) is 0.259. The van der Waals surface area contributed by atoms with Gasteiger partial charge < -0.3 is 10.1 Å². The topological polar surface area (TPSA) is 56.1 Å². The van der Waals surface area contributed by atoms with Crippen LogP contribution in [-0.2, 0) is 4.79 Å². The smallest absolute Gasteiger partial charge is 0.225 e. The Bertz CT molecular complexity index is 1310. The second-order valence-corrected chi connectivity index (χ2v) is 9.73. The van der Waals surface area contributed by atoms with Crippen molar-refractivity contribution in [3.63, 3.8) is 0 Å². The lowest BCUT2D eigenvalue weighted by molar-refractivity contribution is -0.129. The molecule has 4 rings (SSSR count). The van der Waals surface area contributed by atoms with Crippen LogP contribution in [-0.4, -0.2) is 21.7 Å². The molecular formula is C27H27ClFN3O2. The molecule has 0 aliphatic carbocycles. The lowest BCUT2D eigenvalue weighted by Crippen LogP contribution is -2.44. The second-order valence-electron chi connectivity index (χ2n) is 9.33. The van der Waals surface area contributed by atoms with Crippen LogP contribution >= 0.6 is 11.6 Å². The van der Waals surface area contributed by atoms with Gasteiger partial charge in [0.05, 0.1) is 23.4 Å². The van der Waals surface area contributed by atoms with Crippen molar-refractivity contribution in [3.8, 4) is 11.4 Å². The lowest BCUT2D eigenvalue weighted by atomic mass is 9.94. The highest BCUT2D eigenvalue weighted by Crippen LogP contribution is 2.32. The van der Waals surface area contributed by atoms with Crippen LogP contribution < -0.4 is 10.1 Å². The Labute approximate surface area is 203 Å². The molecular weight excluding hydrogens is 453 g/mol. The quantitative estimate of drug-likeness (QED) is 0.344. The van der Waals surface area contributed by atoms with Gasteiger partial charge in [-0.15, -0.1) is 0 Å². The number of rotatable bonds is 6. The molecule has 0 radical (unpaired) electrons. The van der Waals surface area contributed by atoms with Crippen molar-refractivity contribution in [2.45, 2.75) is 39.8 Å². The molecule has 5 nitrogen and oxygen atoms in total. The van der Waals surface area contributed by atoms with Crippen LogP contribution in [0.5, 0.6) is 5.75 Å². The van der Waals surface area contributed by atoms with Crippen LogP contribution in [0.2, 0.25) is 5.02 Å². The van der Waals surface area contributed by atoms with Gasteiger partial charge in [-0.05, 0) is 55.5 Å². The molecule has 0 aliphatic rings. The molecule has 1 aromatic heterocycles. The van der Waals surface area contributed by atoms with Crippen LogP contribution in [0.4, 0.5) is 4.39 Å². The standard InChI is InChI=1S/C27H27ClFN3O2/c1-17(31-26(33)27(2,3)4)25(22-7-5-6-8-23(22)28)34-21-13-14-24-18(15-21)16-30-32(24)20-11-9-19(29)10-12-20/h5-17,25H,1-4H3,(H,31,33). The van der Waals surface area contributed by atoms with Crippen molar-refractivity contribution >= 4 is 28.4 Å². The highest BCUT2D eigenvalue weighted by atomic mass is 35.5. The summed E-state index contributed by atoms with van der Waals surface area (Å²) in [5.74, 6) is 0.249. The number of aromatic nitrogens is 2. The maximum atomic E-state index is 13.3. The zero-order valence-corrected chi connectivity index (χ0v) is 20.3. The minimum Gasteiger partial charge on any atom is -0.484 e. The average Bonchev–Trinajstić information content (AvgIpc) is 3.21. The van der Waals surface area contributed by atoms with E-state index in [0.29, 0.717) is 10.8 Å². The number of benzene rings is 3. The molecule has 0 spiro atoms. The van der Waals surface area contributed by atoms with Gasteiger partial charge in [0.25, 0.3) is 0 Å². The number of fused-ring (bicyclic) bond motifs is 1. The van der Waals surface area contributed by atoms with Crippen LogP contribution in [0.3, 0.4) is 0 Å². The van der Waals surface area contributed by atoms with E-state index in [-0.39, 0.29) is 17.8 Å². The summed E-state index contributed by atoms with van der Waals surface area (Å²) in [6.07, 6.45) is 1.23. The molecule has 2 unspecified atom stereocenters. The predicted octanol–water partition coefficient (Wildman–Crippen LogP) is 6.49. The number of ether oxygens (including phenoxy) is 1. The Kier molecular flexibility index (Phi) is 6.62. The highest BCUT2D eigenvalue weighted by molar-refractivity contribution is 6.31. The van der Waals surface area contributed by atoms with Gasteiger partial charge in [0.1, 0.15) is 17.7 Å². The summed E-state index contributed by atoms with van der Waals surface area (Å²) in [7, 11) is 0. The fourth-order valence-electron chi connectivity index (χ4n) is 3.66. The van der Waals surface area contributed by atoms with Gasteiger partial charge in [-0.25, -0.2) is 9.07 Å². The SMILES string of the molecule is CC(NC(=O)C(C)(C)C)C(Oc1ccc2c(cnn2-c2ccc(F)cc2)c1)c1ccccc1Cl. The van der Waals surface area contributed by atoms with E-state index >= 15 is 0 Å². The molecule has 3 aromatic carbocycles. The molecule has 0 fully saturated rings. The highest BCUT2D eigenvalue weighted by Gasteiger charge is 2.29. The lowest BCUT2D eigenvalue weighted by Gasteiger charge is -2.29. The van der Waals surface area contributed by atoms with Gasteiger partial charge >= 0.3 is 0 Å². The predicted molar refractivity (Wildman–Crippen MR) is 133 cm³/mol. The summed E-state index contributed by atoms with van der Waals surface area (Å²) >= 11 is 6.50. The number of nitrogens with zero attached hydrogens (tertiary/aromatic N) is 2. The molecule has 4 aromatic rings. The number of carbonyl (C=O) groups is 1. The number of amides is 1. The molecule has 1 amide bonds. The third-order valence-corrected chi connectivity index (χ3v) is 5.92. The third-order valence-electron chi connectivity index (χ3n) is 5.58. The molecule has 1 N–H and O–H groups in total. The first-order valence-corrected chi connectivity index (χ1v) is 11.5. The first-order chi connectivity index (χ1) is 16.1. The van der Waals surface area contributed by atoms with E-state index in [4.69, 9.17) is 16.3 Å². The van der Waals surface area contributed by atoms with E-state index in [2.05, 4.69) is 10.4 Å². The van der Waals surface area contributed by atoms with Crippen molar-refractivity contribution in [1.82, 2.24) is 15.1 Å². The van der Waals surface area contributed by atoms with Crippen molar-refractivity contribution in [3.05, 3.63) is 89.3 Å². The van der Waals surface area contributed by atoms with E-state index < -0.39 is 11.5 Å².